The van der Waals surface area contributed by atoms with Crippen molar-refractivity contribution in [2.24, 2.45) is 0 Å². The van der Waals surface area contributed by atoms with E-state index in [1.165, 1.54) is 0 Å². The van der Waals surface area contributed by atoms with Gasteiger partial charge in [0.25, 0.3) is 0 Å². The van der Waals surface area contributed by atoms with Crippen molar-refractivity contribution < 1.29 is 9.90 Å². The molecular formula is C14H11BrCl2N2O2. The molecule has 2 aromatic rings. The number of carboxylic acids is 1. The van der Waals surface area contributed by atoms with Crippen molar-refractivity contribution in [3.05, 3.63) is 49.5 Å². The zero-order chi connectivity index (χ0) is 15.7. The highest BCUT2D eigenvalue weighted by atomic mass is 79.9. The fraction of sp³-hybridized carbons (Fsp3) is 0.143. The molecule has 0 unspecified atom stereocenters. The molecule has 2 N–H and O–H groups in total. The lowest BCUT2D eigenvalue weighted by Gasteiger charge is -2.14. The Labute approximate surface area is 140 Å². The van der Waals surface area contributed by atoms with Crippen molar-refractivity contribution in [3.63, 3.8) is 0 Å². The maximum absolute atomic E-state index is 11.4. The van der Waals surface area contributed by atoms with Crippen molar-refractivity contribution in [1.82, 2.24) is 4.98 Å². The summed E-state index contributed by atoms with van der Waals surface area (Å²) < 4.78 is 0.659. The average Bonchev–Trinajstić information content (AvgIpc) is 2.38. The molecule has 0 amide bonds. The molecule has 0 radical (unpaired) electrons. The fourth-order valence-electron chi connectivity index (χ4n) is 1.95. The molecule has 0 aliphatic rings. The number of hydrogen-bond donors (Lipinski definition) is 2. The maximum Gasteiger partial charge on any atom is 0.339 e. The number of aryl methyl sites for hydroxylation is 2. The minimum Gasteiger partial charge on any atom is -0.478 e. The van der Waals surface area contributed by atoms with E-state index in [0.29, 0.717) is 31.5 Å². The molecule has 0 bridgehead atoms. The van der Waals surface area contributed by atoms with E-state index in [1.807, 2.05) is 0 Å². The Kier molecular flexibility index (Phi) is 4.76. The van der Waals surface area contributed by atoms with E-state index in [1.54, 1.807) is 32.0 Å². The number of hydrogen-bond acceptors (Lipinski definition) is 3. The molecule has 21 heavy (non-hydrogen) atoms. The minimum atomic E-state index is -1.05. The molecule has 0 saturated carbocycles. The van der Waals surface area contributed by atoms with Gasteiger partial charge in [-0.2, -0.15) is 0 Å². The predicted molar refractivity (Wildman–Crippen MR) is 88.1 cm³/mol. The van der Waals surface area contributed by atoms with Crippen LogP contribution in [0.1, 0.15) is 21.6 Å². The van der Waals surface area contributed by atoms with Crippen molar-refractivity contribution in [2.75, 3.05) is 5.32 Å². The van der Waals surface area contributed by atoms with Crippen LogP contribution in [0.3, 0.4) is 0 Å². The van der Waals surface area contributed by atoms with Crippen molar-refractivity contribution >= 4 is 56.6 Å². The lowest BCUT2D eigenvalue weighted by molar-refractivity contribution is 0.0697. The molecule has 1 heterocycles. The first-order valence-electron chi connectivity index (χ1n) is 5.93. The Bertz CT molecular complexity index is 735. The number of aromatic carboxylic acids is 1. The molecule has 0 atom stereocenters. The summed E-state index contributed by atoms with van der Waals surface area (Å²) in [5.41, 5.74) is 1.93. The zero-order valence-corrected chi connectivity index (χ0v) is 14.3. The third kappa shape index (κ3) is 3.31. The van der Waals surface area contributed by atoms with E-state index in [2.05, 4.69) is 26.2 Å². The van der Waals surface area contributed by atoms with Crippen LogP contribution in [0.25, 0.3) is 0 Å². The molecule has 4 nitrogen and oxygen atoms in total. The van der Waals surface area contributed by atoms with Gasteiger partial charge in [0.15, 0.2) is 0 Å². The quantitative estimate of drug-likeness (QED) is 0.707. The van der Waals surface area contributed by atoms with E-state index < -0.39 is 5.97 Å². The SMILES string of the molecule is Cc1cc(C)c(C(=O)O)c(Nc2ccc(Br)c(Cl)c2Cl)n1. The summed E-state index contributed by atoms with van der Waals surface area (Å²) in [5, 5.41) is 12.9. The van der Waals surface area contributed by atoms with Gasteiger partial charge in [0.1, 0.15) is 11.4 Å². The predicted octanol–water partition coefficient (Wildman–Crippen LogP) is 5.21. The smallest absolute Gasteiger partial charge is 0.339 e. The van der Waals surface area contributed by atoms with Crippen LogP contribution in [-0.4, -0.2) is 16.1 Å². The highest BCUT2D eigenvalue weighted by molar-refractivity contribution is 9.10. The standard InChI is InChI=1S/C14H11BrCl2N2O2/c1-6-5-7(2)18-13(10(6)14(20)21)19-9-4-3-8(15)11(16)12(9)17/h3-5H,1-2H3,(H,18,19)(H,20,21). The van der Waals surface area contributed by atoms with E-state index in [0.717, 1.165) is 0 Å². The number of pyridine rings is 1. The van der Waals surface area contributed by atoms with Crippen LogP contribution in [-0.2, 0) is 0 Å². The topological polar surface area (TPSA) is 62.2 Å². The third-order valence-electron chi connectivity index (χ3n) is 2.85. The highest BCUT2D eigenvalue weighted by Gasteiger charge is 2.17. The Morgan fingerprint density at radius 1 is 1.29 bits per heavy atom. The van der Waals surface area contributed by atoms with Gasteiger partial charge in [-0.1, -0.05) is 23.2 Å². The largest absolute Gasteiger partial charge is 0.478 e. The van der Waals surface area contributed by atoms with Crippen molar-refractivity contribution in [1.29, 1.82) is 0 Å². The summed E-state index contributed by atoms with van der Waals surface area (Å²) >= 11 is 15.5. The number of rotatable bonds is 3. The number of halogens is 3. The molecule has 110 valence electrons. The first-order valence-corrected chi connectivity index (χ1v) is 7.48. The molecular weight excluding hydrogens is 379 g/mol. The van der Waals surface area contributed by atoms with Gasteiger partial charge in [-0.15, -0.1) is 0 Å². The number of anilines is 2. The van der Waals surface area contributed by atoms with Gasteiger partial charge in [-0.3, -0.25) is 0 Å². The van der Waals surface area contributed by atoms with Gasteiger partial charge >= 0.3 is 5.97 Å². The molecule has 0 saturated heterocycles. The minimum absolute atomic E-state index is 0.107. The Hall–Kier alpha value is -1.30. The third-order valence-corrected chi connectivity index (χ3v) is 4.62. The Morgan fingerprint density at radius 3 is 2.57 bits per heavy atom. The summed E-state index contributed by atoms with van der Waals surface area (Å²) in [7, 11) is 0. The summed E-state index contributed by atoms with van der Waals surface area (Å²) in [4.78, 5) is 15.6. The van der Waals surface area contributed by atoms with Crippen LogP contribution in [0.15, 0.2) is 22.7 Å². The zero-order valence-electron chi connectivity index (χ0n) is 11.2. The first-order chi connectivity index (χ1) is 9.81. The summed E-state index contributed by atoms with van der Waals surface area (Å²) in [5.74, 6) is -0.817. The van der Waals surface area contributed by atoms with Crippen molar-refractivity contribution in [2.45, 2.75) is 13.8 Å². The average molecular weight is 390 g/mol. The van der Waals surface area contributed by atoms with Gasteiger partial charge in [-0.25, -0.2) is 9.78 Å². The van der Waals surface area contributed by atoms with Gasteiger partial charge in [0, 0.05) is 10.2 Å². The Morgan fingerprint density at radius 2 is 1.95 bits per heavy atom. The second-order valence-corrected chi connectivity index (χ2v) is 6.07. The maximum atomic E-state index is 11.4. The van der Waals surface area contributed by atoms with E-state index in [4.69, 9.17) is 23.2 Å². The summed E-state index contributed by atoms with van der Waals surface area (Å²) in [6, 6.07) is 5.13. The van der Waals surface area contributed by atoms with Crippen LogP contribution < -0.4 is 5.32 Å². The molecule has 2 rings (SSSR count). The second-order valence-electron chi connectivity index (χ2n) is 4.46. The van der Waals surface area contributed by atoms with Gasteiger partial charge < -0.3 is 10.4 Å². The number of aromatic nitrogens is 1. The normalized spacial score (nSPS) is 10.5. The number of benzene rings is 1. The van der Waals surface area contributed by atoms with Gasteiger partial charge in [0.05, 0.1) is 15.7 Å². The van der Waals surface area contributed by atoms with Crippen LogP contribution in [0.2, 0.25) is 10.0 Å². The number of nitrogens with one attached hydrogen (secondary N) is 1. The van der Waals surface area contributed by atoms with Crippen LogP contribution in [0.4, 0.5) is 11.5 Å². The number of nitrogens with zero attached hydrogens (tertiary/aromatic N) is 1. The molecule has 0 spiro atoms. The van der Waals surface area contributed by atoms with Crippen LogP contribution in [0, 0.1) is 13.8 Å². The molecule has 1 aromatic heterocycles. The van der Waals surface area contributed by atoms with Gasteiger partial charge in [-0.05, 0) is 53.5 Å². The van der Waals surface area contributed by atoms with Gasteiger partial charge in [0.2, 0.25) is 0 Å². The first kappa shape index (κ1) is 16.1. The van der Waals surface area contributed by atoms with E-state index in [9.17, 15) is 9.90 Å². The van der Waals surface area contributed by atoms with Crippen LogP contribution >= 0.6 is 39.1 Å². The second kappa shape index (κ2) is 6.22. The van der Waals surface area contributed by atoms with Crippen molar-refractivity contribution in [3.8, 4) is 0 Å². The number of carboxylic acid groups (broad SMARTS) is 1. The van der Waals surface area contributed by atoms with Crippen LogP contribution in [0.5, 0.6) is 0 Å². The van der Waals surface area contributed by atoms with E-state index >= 15 is 0 Å². The molecule has 1 aromatic carbocycles. The molecule has 0 fully saturated rings. The molecule has 0 aliphatic carbocycles. The number of carbonyl (C=O) groups is 1. The fourth-order valence-corrected chi connectivity index (χ4v) is 2.77. The summed E-state index contributed by atoms with van der Waals surface area (Å²) in [6.07, 6.45) is 0. The monoisotopic (exact) mass is 388 g/mol. The highest BCUT2D eigenvalue weighted by Crippen LogP contribution is 2.37. The molecule has 0 aliphatic heterocycles. The lowest BCUT2D eigenvalue weighted by atomic mass is 10.1. The molecule has 7 heteroatoms. The lowest BCUT2D eigenvalue weighted by Crippen LogP contribution is -2.08. The van der Waals surface area contributed by atoms with E-state index in [-0.39, 0.29) is 11.4 Å². The Balaban J connectivity index is 2.54. The summed E-state index contributed by atoms with van der Waals surface area (Å²) in [6.45, 7) is 3.51.